The van der Waals surface area contributed by atoms with Crippen molar-refractivity contribution < 1.29 is 0 Å². The molecule has 0 radical (unpaired) electrons. The van der Waals surface area contributed by atoms with Crippen molar-refractivity contribution in [1.82, 2.24) is 15.2 Å². The van der Waals surface area contributed by atoms with Gasteiger partial charge in [-0.2, -0.15) is 0 Å². The number of nitrogens with zero attached hydrogens (tertiary/aromatic N) is 2. The molecule has 0 bridgehead atoms. The van der Waals surface area contributed by atoms with Crippen LogP contribution < -0.4 is 5.32 Å². The molecular weight excluding hydrogens is 218 g/mol. The van der Waals surface area contributed by atoms with Crippen molar-refractivity contribution in [3.05, 3.63) is 16.6 Å². The zero-order chi connectivity index (χ0) is 12.0. The standard InChI is InChI=1S/C12H23N3S/c1-10(2)15(4)8-5-6-13-11(3)12-14-7-9-16-12/h7,9-11,13H,5-6,8H2,1-4H3. The number of hydrogen-bond acceptors (Lipinski definition) is 4. The van der Waals surface area contributed by atoms with Gasteiger partial charge < -0.3 is 10.2 Å². The van der Waals surface area contributed by atoms with Crippen LogP contribution in [0, 0.1) is 0 Å². The van der Waals surface area contributed by atoms with Crippen LogP contribution in [0.5, 0.6) is 0 Å². The van der Waals surface area contributed by atoms with Crippen molar-refractivity contribution in [2.24, 2.45) is 0 Å². The normalized spacial score (nSPS) is 13.6. The quantitative estimate of drug-likeness (QED) is 0.744. The Labute approximate surface area is 103 Å². The van der Waals surface area contributed by atoms with E-state index in [0.29, 0.717) is 12.1 Å². The predicted molar refractivity (Wildman–Crippen MR) is 70.9 cm³/mol. The molecule has 0 aliphatic carbocycles. The number of rotatable bonds is 7. The lowest BCUT2D eigenvalue weighted by atomic mass is 10.3. The summed E-state index contributed by atoms with van der Waals surface area (Å²) in [7, 11) is 2.18. The second-order valence-corrected chi connectivity index (χ2v) is 5.40. The SMILES string of the molecule is CC(NCCCN(C)C(C)C)c1nccs1. The molecule has 92 valence electrons. The minimum absolute atomic E-state index is 0.379. The summed E-state index contributed by atoms with van der Waals surface area (Å²) in [5.74, 6) is 0. The highest BCUT2D eigenvalue weighted by Gasteiger charge is 2.07. The van der Waals surface area contributed by atoms with Crippen molar-refractivity contribution in [1.29, 1.82) is 0 Å². The summed E-state index contributed by atoms with van der Waals surface area (Å²) >= 11 is 1.72. The van der Waals surface area contributed by atoms with Gasteiger partial charge in [0, 0.05) is 17.6 Å². The van der Waals surface area contributed by atoms with Crippen molar-refractivity contribution in [2.45, 2.75) is 39.3 Å². The Morgan fingerprint density at radius 1 is 1.44 bits per heavy atom. The van der Waals surface area contributed by atoms with Gasteiger partial charge in [-0.05, 0) is 47.3 Å². The minimum Gasteiger partial charge on any atom is -0.308 e. The molecule has 0 spiro atoms. The molecule has 0 amide bonds. The summed E-state index contributed by atoms with van der Waals surface area (Å²) in [4.78, 5) is 6.67. The van der Waals surface area contributed by atoms with Crippen LogP contribution in [0.2, 0.25) is 0 Å². The molecule has 1 rings (SSSR count). The van der Waals surface area contributed by atoms with E-state index in [0.717, 1.165) is 13.1 Å². The van der Waals surface area contributed by atoms with Crippen LogP contribution in [0.4, 0.5) is 0 Å². The highest BCUT2D eigenvalue weighted by Crippen LogP contribution is 2.14. The zero-order valence-electron chi connectivity index (χ0n) is 10.7. The van der Waals surface area contributed by atoms with Crippen LogP contribution >= 0.6 is 11.3 Å². The fourth-order valence-corrected chi connectivity index (χ4v) is 2.11. The fraction of sp³-hybridized carbons (Fsp3) is 0.750. The lowest BCUT2D eigenvalue weighted by Gasteiger charge is -2.21. The second-order valence-electron chi connectivity index (χ2n) is 4.47. The molecule has 0 aliphatic rings. The van der Waals surface area contributed by atoms with E-state index >= 15 is 0 Å². The Morgan fingerprint density at radius 2 is 2.19 bits per heavy atom. The average molecular weight is 241 g/mol. The van der Waals surface area contributed by atoms with E-state index in [-0.39, 0.29) is 0 Å². The molecule has 1 N–H and O–H groups in total. The van der Waals surface area contributed by atoms with Gasteiger partial charge in [-0.15, -0.1) is 11.3 Å². The monoisotopic (exact) mass is 241 g/mol. The molecule has 1 heterocycles. The third-order valence-corrected chi connectivity index (χ3v) is 3.80. The Bertz CT molecular complexity index is 272. The van der Waals surface area contributed by atoms with E-state index in [1.807, 2.05) is 11.6 Å². The molecule has 1 unspecified atom stereocenters. The van der Waals surface area contributed by atoms with Crippen LogP contribution in [0.25, 0.3) is 0 Å². The molecule has 4 heteroatoms. The lowest BCUT2D eigenvalue weighted by molar-refractivity contribution is 0.268. The number of thiazole rings is 1. The molecule has 16 heavy (non-hydrogen) atoms. The summed E-state index contributed by atoms with van der Waals surface area (Å²) in [5, 5.41) is 6.71. The van der Waals surface area contributed by atoms with Gasteiger partial charge in [0.25, 0.3) is 0 Å². The van der Waals surface area contributed by atoms with Crippen molar-refractivity contribution in [3.63, 3.8) is 0 Å². The molecule has 0 aromatic carbocycles. The molecule has 0 saturated carbocycles. The molecule has 1 atom stereocenters. The van der Waals surface area contributed by atoms with Gasteiger partial charge in [-0.25, -0.2) is 4.98 Å². The fourth-order valence-electron chi connectivity index (χ4n) is 1.44. The van der Waals surface area contributed by atoms with E-state index in [9.17, 15) is 0 Å². The number of hydrogen-bond donors (Lipinski definition) is 1. The summed E-state index contributed by atoms with van der Waals surface area (Å²) in [5.41, 5.74) is 0. The van der Waals surface area contributed by atoms with Gasteiger partial charge >= 0.3 is 0 Å². The first kappa shape index (κ1) is 13.6. The van der Waals surface area contributed by atoms with E-state index in [1.54, 1.807) is 11.3 Å². The highest BCUT2D eigenvalue weighted by atomic mass is 32.1. The maximum Gasteiger partial charge on any atom is 0.109 e. The largest absolute Gasteiger partial charge is 0.308 e. The summed E-state index contributed by atoms with van der Waals surface area (Å²) in [6.07, 6.45) is 3.05. The minimum atomic E-state index is 0.379. The third kappa shape index (κ3) is 4.60. The van der Waals surface area contributed by atoms with Crippen LogP contribution in [-0.2, 0) is 0 Å². The van der Waals surface area contributed by atoms with Crippen LogP contribution in [0.3, 0.4) is 0 Å². The van der Waals surface area contributed by atoms with Crippen LogP contribution in [-0.4, -0.2) is 36.1 Å². The number of nitrogens with one attached hydrogen (secondary N) is 1. The molecule has 0 saturated heterocycles. The van der Waals surface area contributed by atoms with Crippen LogP contribution in [0.15, 0.2) is 11.6 Å². The first-order valence-electron chi connectivity index (χ1n) is 5.94. The molecule has 1 aromatic heterocycles. The Morgan fingerprint density at radius 3 is 2.75 bits per heavy atom. The van der Waals surface area contributed by atoms with Gasteiger partial charge in [0.1, 0.15) is 5.01 Å². The summed E-state index contributed by atoms with van der Waals surface area (Å²) < 4.78 is 0. The van der Waals surface area contributed by atoms with Gasteiger partial charge in [-0.1, -0.05) is 0 Å². The van der Waals surface area contributed by atoms with Crippen molar-refractivity contribution >= 4 is 11.3 Å². The summed E-state index contributed by atoms with van der Waals surface area (Å²) in [6.45, 7) is 8.83. The van der Waals surface area contributed by atoms with Gasteiger partial charge in [0.05, 0.1) is 6.04 Å². The third-order valence-electron chi connectivity index (χ3n) is 2.84. The molecule has 1 aromatic rings. The first-order chi connectivity index (χ1) is 7.61. The molecule has 3 nitrogen and oxygen atoms in total. The topological polar surface area (TPSA) is 28.2 Å². The smallest absolute Gasteiger partial charge is 0.109 e. The first-order valence-corrected chi connectivity index (χ1v) is 6.82. The lowest BCUT2D eigenvalue weighted by Crippen LogP contribution is -2.30. The molecule has 0 fully saturated rings. The highest BCUT2D eigenvalue weighted by molar-refractivity contribution is 7.09. The van der Waals surface area contributed by atoms with Crippen molar-refractivity contribution in [3.8, 4) is 0 Å². The Hall–Kier alpha value is -0.450. The zero-order valence-corrected chi connectivity index (χ0v) is 11.5. The van der Waals surface area contributed by atoms with E-state index in [4.69, 9.17) is 0 Å². The average Bonchev–Trinajstić information content (AvgIpc) is 2.76. The van der Waals surface area contributed by atoms with E-state index in [2.05, 4.69) is 43.0 Å². The van der Waals surface area contributed by atoms with Gasteiger partial charge in [-0.3, -0.25) is 0 Å². The van der Waals surface area contributed by atoms with Gasteiger partial charge in [0.2, 0.25) is 0 Å². The Balaban J connectivity index is 2.12. The summed E-state index contributed by atoms with van der Waals surface area (Å²) in [6, 6.07) is 1.01. The Kier molecular flexibility index (Phi) is 5.95. The van der Waals surface area contributed by atoms with Crippen molar-refractivity contribution in [2.75, 3.05) is 20.1 Å². The second kappa shape index (κ2) is 6.99. The number of aromatic nitrogens is 1. The van der Waals surface area contributed by atoms with Crippen LogP contribution in [0.1, 0.15) is 38.2 Å². The van der Waals surface area contributed by atoms with Gasteiger partial charge in [0.15, 0.2) is 0 Å². The predicted octanol–water partition coefficient (Wildman–Crippen LogP) is 2.52. The van der Waals surface area contributed by atoms with E-state index in [1.165, 1.54) is 11.4 Å². The maximum absolute atomic E-state index is 4.30. The molecular formula is C12H23N3S. The maximum atomic E-state index is 4.30. The van der Waals surface area contributed by atoms with E-state index < -0.39 is 0 Å². The molecule has 0 aliphatic heterocycles.